The van der Waals surface area contributed by atoms with Gasteiger partial charge in [-0.25, -0.2) is 0 Å². The number of hydrogen-bond acceptors (Lipinski definition) is 4. The summed E-state index contributed by atoms with van der Waals surface area (Å²) in [5.41, 5.74) is -0.695. The Hall–Kier alpha value is -1.40. The molecule has 1 amide bonds. The normalized spacial score (nSPS) is 43.0. The molecule has 6 unspecified atom stereocenters. The molecule has 25 heavy (non-hydrogen) atoms. The van der Waals surface area contributed by atoms with Crippen molar-refractivity contribution in [1.82, 2.24) is 9.80 Å². The lowest BCUT2D eigenvalue weighted by molar-refractivity contribution is -0.148. The molecule has 6 heteroatoms. The molecule has 4 rings (SSSR count). The van der Waals surface area contributed by atoms with Crippen LogP contribution in [0.3, 0.4) is 0 Å². The van der Waals surface area contributed by atoms with Crippen LogP contribution in [0.5, 0.6) is 0 Å². The number of likely N-dealkylation sites (tertiary alicyclic amines) is 2. The molecule has 0 aliphatic carbocycles. The Morgan fingerprint density at radius 3 is 2.72 bits per heavy atom. The van der Waals surface area contributed by atoms with Crippen molar-refractivity contribution in [3.05, 3.63) is 12.2 Å². The van der Waals surface area contributed by atoms with Gasteiger partial charge in [-0.05, 0) is 31.2 Å². The molecule has 3 fully saturated rings. The van der Waals surface area contributed by atoms with E-state index < -0.39 is 29.5 Å². The minimum absolute atomic E-state index is 0.0420. The van der Waals surface area contributed by atoms with Crippen LogP contribution in [0.1, 0.15) is 26.7 Å². The van der Waals surface area contributed by atoms with Gasteiger partial charge in [-0.3, -0.25) is 9.59 Å². The van der Waals surface area contributed by atoms with Crippen LogP contribution in [-0.2, 0) is 14.3 Å². The van der Waals surface area contributed by atoms with E-state index in [4.69, 9.17) is 4.74 Å². The van der Waals surface area contributed by atoms with E-state index in [1.807, 2.05) is 17.1 Å². The van der Waals surface area contributed by atoms with E-state index in [1.54, 1.807) is 0 Å². The summed E-state index contributed by atoms with van der Waals surface area (Å²) in [7, 11) is 0. The summed E-state index contributed by atoms with van der Waals surface area (Å²) >= 11 is 0. The first-order valence-electron chi connectivity index (χ1n) is 9.51. The van der Waals surface area contributed by atoms with Crippen molar-refractivity contribution in [1.29, 1.82) is 0 Å². The molecule has 138 valence electrons. The Labute approximate surface area is 148 Å². The smallest absolute Gasteiger partial charge is 0.310 e. The number of fused-ring (bicyclic) bond motifs is 1. The number of carboxylic acids is 1. The van der Waals surface area contributed by atoms with Crippen LogP contribution < -0.4 is 0 Å². The lowest BCUT2D eigenvalue weighted by Crippen LogP contribution is -2.41. The van der Waals surface area contributed by atoms with Gasteiger partial charge in [-0.1, -0.05) is 26.0 Å². The molecule has 6 nitrogen and oxygen atoms in total. The Balaban J connectivity index is 1.35. The fourth-order valence-corrected chi connectivity index (χ4v) is 5.51. The van der Waals surface area contributed by atoms with Crippen LogP contribution in [0.2, 0.25) is 0 Å². The highest BCUT2D eigenvalue weighted by Gasteiger charge is 2.66. The fraction of sp³-hybridized carbons (Fsp3) is 0.789. The standard InChI is InChI=1S/C19H28N2O4/c1-12-8-13(2)10-20(9-12)6-3-7-21-11-19-5-4-14(25-19)15(18(23)24)16(19)17(21)22/h4-5,12-16H,3,6-11H2,1-2H3,(H,23,24). The zero-order valence-corrected chi connectivity index (χ0v) is 15.1. The van der Waals surface area contributed by atoms with Crippen LogP contribution in [-0.4, -0.2) is 71.2 Å². The first-order chi connectivity index (χ1) is 11.9. The van der Waals surface area contributed by atoms with Gasteiger partial charge in [-0.2, -0.15) is 0 Å². The maximum atomic E-state index is 12.8. The van der Waals surface area contributed by atoms with E-state index in [1.165, 1.54) is 6.42 Å². The monoisotopic (exact) mass is 348 g/mol. The number of carboxylic acid groups (broad SMARTS) is 1. The summed E-state index contributed by atoms with van der Waals surface area (Å²) in [6, 6.07) is 0. The van der Waals surface area contributed by atoms with Crippen LogP contribution in [0.25, 0.3) is 0 Å². The SMILES string of the molecule is CC1CC(C)CN(CCCN2CC34C=CC(O3)C(C(=O)O)C4C2=O)C1. The minimum Gasteiger partial charge on any atom is -0.481 e. The highest BCUT2D eigenvalue weighted by Crippen LogP contribution is 2.51. The third-order valence-electron chi connectivity index (χ3n) is 6.31. The Morgan fingerprint density at radius 1 is 1.32 bits per heavy atom. The average Bonchev–Trinajstić information content (AvgIpc) is 3.15. The quantitative estimate of drug-likeness (QED) is 0.757. The molecule has 4 heterocycles. The first kappa shape index (κ1) is 17.0. The van der Waals surface area contributed by atoms with Gasteiger partial charge in [0.15, 0.2) is 0 Å². The molecule has 3 saturated heterocycles. The number of carbonyl (C=O) groups is 2. The van der Waals surface area contributed by atoms with Crippen molar-refractivity contribution in [2.75, 3.05) is 32.7 Å². The highest BCUT2D eigenvalue weighted by atomic mass is 16.5. The van der Waals surface area contributed by atoms with Crippen LogP contribution >= 0.6 is 0 Å². The number of rotatable bonds is 5. The molecule has 1 spiro atoms. The average molecular weight is 348 g/mol. The molecule has 0 aromatic heterocycles. The van der Waals surface area contributed by atoms with Crippen molar-refractivity contribution >= 4 is 11.9 Å². The van der Waals surface area contributed by atoms with Crippen molar-refractivity contribution in [3.63, 3.8) is 0 Å². The van der Waals surface area contributed by atoms with Crippen LogP contribution in [0, 0.1) is 23.7 Å². The topological polar surface area (TPSA) is 70.1 Å². The first-order valence-corrected chi connectivity index (χ1v) is 9.51. The molecule has 0 aromatic rings. The predicted octanol–water partition coefficient (Wildman–Crippen LogP) is 1.22. The largest absolute Gasteiger partial charge is 0.481 e. The molecule has 4 aliphatic rings. The maximum absolute atomic E-state index is 12.8. The van der Waals surface area contributed by atoms with Crippen molar-refractivity contribution in [3.8, 4) is 0 Å². The third kappa shape index (κ3) is 2.79. The molecule has 0 aromatic carbocycles. The molecule has 0 radical (unpaired) electrons. The number of ether oxygens (including phenoxy) is 1. The number of hydrogen-bond donors (Lipinski definition) is 1. The number of piperidine rings is 1. The summed E-state index contributed by atoms with van der Waals surface area (Å²) in [5, 5.41) is 9.49. The van der Waals surface area contributed by atoms with Gasteiger partial charge in [0, 0.05) is 19.6 Å². The number of carbonyl (C=O) groups excluding carboxylic acids is 1. The minimum atomic E-state index is -0.923. The van der Waals surface area contributed by atoms with Crippen LogP contribution in [0.15, 0.2) is 12.2 Å². The third-order valence-corrected chi connectivity index (χ3v) is 6.31. The van der Waals surface area contributed by atoms with Gasteiger partial charge < -0.3 is 19.6 Å². The summed E-state index contributed by atoms with van der Waals surface area (Å²) in [6.45, 7) is 9.07. The van der Waals surface area contributed by atoms with Gasteiger partial charge in [-0.15, -0.1) is 0 Å². The predicted molar refractivity (Wildman–Crippen MR) is 91.9 cm³/mol. The van der Waals surface area contributed by atoms with Gasteiger partial charge in [0.25, 0.3) is 0 Å². The summed E-state index contributed by atoms with van der Waals surface area (Å²) in [5.74, 6) is -0.768. The zero-order valence-electron chi connectivity index (χ0n) is 15.1. The number of nitrogens with zero attached hydrogens (tertiary/aromatic N) is 2. The lowest BCUT2D eigenvalue weighted by Gasteiger charge is -2.35. The van der Waals surface area contributed by atoms with E-state index in [2.05, 4.69) is 18.7 Å². The molecular formula is C19H28N2O4. The van der Waals surface area contributed by atoms with Gasteiger partial charge in [0.2, 0.25) is 5.91 Å². The molecule has 1 N–H and O–H groups in total. The van der Waals surface area contributed by atoms with E-state index in [9.17, 15) is 14.7 Å². The lowest BCUT2D eigenvalue weighted by atomic mass is 9.77. The molecule has 4 aliphatic heterocycles. The molecule has 0 saturated carbocycles. The molecular weight excluding hydrogens is 320 g/mol. The number of aliphatic carboxylic acids is 1. The van der Waals surface area contributed by atoms with E-state index in [0.717, 1.165) is 37.9 Å². The fourth-order valence-electron chi connectivity index (χ4n) is 5.51. The van der Waals surface area contributed by atoms with Crippen molar-refractivity contribution in [2.24, 2.45) is 23.7 Å². The second kappa shape index (κ2) is 6.09. The van der Waals surface area contributed by atoms with Gasteiger partial charge in [0.05, 0.1) is 18.6 Å². The summed E-state index contributed by atoms with van der Waals surface area (Å²) in [6.07, 6.45) is 5.53. The molecule has 6 atom stereocenters. The number of amides is 1. The summed E-state index contributed by atoms with van der Waals surface area (Å²) < 4.78 is 5.92. The van der Waals surface area contributed by atoms with E-state index in [-0.39, 0.29) is 5.91 Å². The molecule has 2 bridgehead atoms. The highest BCUT2D eigenvalue weighted by molar-refractivity contribution is 5.90. The van der Waals surface area contributed by atoms with Crippen molar-refractivity contribution in [2.45, 2.75) is 38.4 Å². The Morgan fingerprint density at radius 2 is 2.04 bits per heavy atom. The Kier molecular flexibility index (Phi) is 4.15. The van der Waals surface area contributed by atoms with E-state index in [0.29, 0.717) is 13.1 Å². The Bertz CT molecular complexity index is 596. The van der Waals surface area contributed by atoms with Crippen molar-refractivity contribution < 1.29 is 19.4 Å². The second-order valence-electron chi connectivity index (χ2n) is 8.56. The van der Waals surface area contributed by atoms with Gasteiger partial charge >= 0.3 is 5.97 Å². The van der Waals surface area contributed by atoms with E-state index >= 15 is 0 Å². The van der Waals surface area contributed by atoms with Crippen LogP contribution in [0.4, 0.5) is 0 Å². The van der Waals surface area contributed by atoms with Gasteiger partial charge in [0.1, 0.15) is 11.5 Å². The second-order valence-corrected chi connectivity index (χ2v) is 8.56. The summed E-state index contributed by atoms with van der Waals surface area (Å²) in [4.78, 5) is 28.7. The zero-order chi connectivity index (χ0) is 17.8. The maximum Gasteiger partial charge on any atom is 0.310 e.